The number of carbonyl (C=O) groups is 1. The van der Waals surface area contributed by atoms with Crippen LogP contribution < -0.4 is 0 Å². The average molecular weight is 141 g/mol. The van der Waals surface area contributed by atoms with E-state index in [2.05, 4.69) is 4.90 Å². The molecule has 1 heterocycles. The Morgan fingerprint density at radius 2 is 2.30 bits per heavy atom. The summed E-state index contributed by atoms with van der Waals surface area (Å²) in [6.45, 7) is 4.64. The second-order valence-corrected chi connectivity index (χ2v) is 2.49. The summed E-state index contributed by atoms with van der Waals surface area (Å²) in [5.74, 6) is -0.818. The molecule has 0 aromatic carbocycles. The summed E-state index contributed by atoms with van der Waals surface area (Å²) in [5, 5.41) is 8.43. The first-order valence-electron chi connectivity index (χ1n) is 3.32. The molecule has 0 amide bonds. The smallest absolute Gasteiger partial charge is 0.330 e. The monoisotopic (exact) mass is 141 g/mol. The van der Waals surface area contributed by atoms with Crippen LogP contribution in [0.25, 0.3) is 0 Å². The summed E-state index contributed by atoms with van der Waals surface area (Å²) in [4.78, 5) is 12.4. The Kier molecular flexibility index (Phi) is 2.06. The molecule has 0 aromatic heterocycles. The third-order valence-corrected chi connectivity index (χ3v) is 1.53. The van der Waals surface area contributed by atoms with E-state index in [0.29, 0.717) is 5.57 Å². The third-order valence-electron chi connectivity index (χ3n) is 1.53. The molecule has 56 valence electrons. The van der Waals surface area contributed by atoms with Crippen LogP contribution in [0.4, 0.5) is 0 Å². The molecule has 1 rings (SSSR count). The van der Waals surface area contributed by atoms with Gasteiger partial charge < -0.3 is 5.11 Å². The quantitative estimate of drug-likeness (QED) is 0.455. The molecule has 1 aliphatic heterocycles. The van der Waals surface area contributed by atoms with Crippen molar-refractivity contribution in [1.82, 2.24) is 4.90 Å². The molecule has 1 aliphatic rings. The summed E-state index contributed by atoms with van der Waals surface area (Å²) in [5.41, 5.74) is 0.437. The Morgan fingerprint density at radius 3 is 2.70 bits per heavy atom. The van der Waals surface area contributed by atoms with E-state index in [0.717, 1.165) is 19.6 Å². The van der Waals surface area contributed by atoms with Crippen molar-refractivity contribution in [3.8, 4) is 0 Å². The molecule has 0 aromatic rings. The van der Waals surface area contributed by atoms with Crippen LogP contribution in [0.1, 0.15) is 6.92 Å². The van der Waals surface area contributed by atoms with E-state index in [4.69, 9.17) is 5.11 Å². The van der Waals surface area contributed by atoms with Gasteiger partial charge in [0.1, 0.15) is 0 Å². The first-order chi connectivity index (χ1) is 4.70. The van der Waals surface area contributed by atoms with Crippen molar-refractivity contribution in [2.24, 2.45) is 0 Å². The highest BCUT2D eigenvalue weighted by Gasteiger charge is 2.14. The molecule has 0 unspecified atom stereocenters. The predicted molar refractivity (Wildman–Crippen MR) is 37.8 cm³/mol. The van der Waals surface area contributed by atoms with E-state index in [1.807, 2.05) is 0 Å². The standard InChI is InChI=1S/C7H11NO2/c1-6(7(9)10)2-3-8-4-5-8/h2H,3-5H2,1H3,(H,9,10). The van der Waals surface area contributed by atoms with Gasteiger partial charge in [-0.05, 0) is 6.92 Å². The van der Waals surface area contributed by atoms with Gasteiger partial charge in [-0.2, -0.15) is 0 Å². The van der Waals surface area contributed by atoms with Crippen LogP contribution in [0.5, 0.6) is 0 Å². The van der Waals surface area contributed by atoms with Gasteiger partial charge in [-0.25, -0.2) is 4.79 Å². The van der Waals surface area contributed by atoms with Crippen molar-refractivity contribution in [3.05, 3.63) is 11.6 Å². The zero-order valence-corrected chi connectivity index (χ0v) is 6.00. The molecule has 1 saturated heterocycles. The second kappa shape index (κ2) is 2.84. The van der Waals surface area contributed by atoms with Gasteiger partial charge in [0, 0.05) is 25.2 Å². The van der Waals surface area contributed by atoms with Crippen LogP contribution in [0, 0.1) is 0 Å². The number of aliphatic carboxylic acids is 1. The minimum absolute atomic E-state index is 0.437. The zero-order chi connectivity index (χ0) is 7.56. The van der Waals surface area contributed by atoms with Crippen LogP contribution in [-0.4, -0.2) is 35.6 Å². The lowest BCUT2D eigenvalue weighted by Crippen LogP contribution is -2.01. The number of hydrogen-bond acceptors (Lipinski definition) is 2. The third kappa shape index (κ3) is 2.19. The molecule has 0 aliphatic carbocycles. The number of nitrogens with zero attached hydrogens (tertiary/aromatic N) is 1. The van der Waals surface area contributed by atoms with Crippen LogP contribution in [0.15, 0.2) is 11.6 Å². The van der Waals surface area contributed by atoms with Crippen molar-refractivity contribution in [2.45, 2.75) is 6.92 Å². The fourth-order valence-corrected chi connectivity index (χ4v) is 0.607. The van der Waals surface area contributed by atoms with Gasteiger partial charge in [-0.3, -0.25) is 4.90 Å². The Balaban J connectivity index is 2.29. The van der Waals surface area contributed by atoms with E-state index < -0.39 is 5.97 Å². The van der Waals surface area contributed by atoms with Crippen LogP contribution >= 0.6 is 0 Å². The Morgan fingerprint density at radius 1 is 1.70 bits per heavy atom. The Hall–Kier alpha value is -0.830. The molecule has 1 fully saturated rings. The Bertz CT molecular complexity index is 170. The molecule has 0 spiro atoms. The maximum atomic E-state index is 10.2. The highest BCUT2D eigenvalue weighted by molar-refractivity contribution is 5.85. The first kappa shape index (κ1) is 7.28. The fourth-order valence-electron chi connectivity index (χ4n) is 0.607. The van der Waals surface area contributed by atoms with Gasteiger partial charge in [0.2, 0.25) is 0 Å². The molecule has 3 nitrogen and oxygen atoms in total. The molecule has 0 atom stereocenters. The molecular formula is C7H11NO2. The van der Waals surface area contributed by atoms with E-state index in [9.17, 15) is 4.79 Å². The van der Waals surface area contributed by atoms with E-state index >= 15 is 0 Å². The van der Waals surface area contributed by atoms with Crippen molar-refractivity contribution in [2.75, 3.05) is 19.6 Å². The second-order valence-electron chi connectivity index (χ2n) is 2.49. The van der Waals surface area contributed by atoms with Gasteiger partial charge >= 0.3 is 5.97 Å². The van der Waals surface area contributed by atoms with Gasteiger partial charge in [0.15, 0.2) is 0 Å². The number of carboxylic acids is 1. The molecule has 0 saturated carbocycles. The maximum Gasteiger partial charge on any atom is 0.330 e. The minimum Gasteiger partial charge on any atom is -0.478 e. The molecule has 1 N–H and O–H groups in total. The molecule has 0 radical (unpaired) electrons. The van der Waals surface area contributed by atoms with E-state index in [1.54, 1.807) is 13.0 Å². The average Bonchev–Trinajstić information content (AvgIpc) is 2.64. The van der Waals surface area contributed by atoms with Gasteiger partial charge in [-0.1, -0.05) is 6.08 Å². The number of hydrogen-bond donors (Lipinski definition) is 1. The van der Waals surface area contributed by atoms with Gasteiger partial charge in [-0.15, -0.1) is 0 Å². The largest absolute Gasteiger partial charge is 0.478 e. The highest BCUT2D eigenvalue weighted by atomic mass is 16.4. The van der Waals surface area contributed by atoms with Crippen molar-refractivity contribution in [1.29, 1.82) is 0 Å². The lowest BCUT2D eigenvalue weighted by molar-refractivity contribution is -0.132. The molecule has 3 heteroatoms. The molecule has 10 heavy (non-hydrogen) atoms. The summed E-state index contributed by atoms with van der Waals surface area (Å²) >= 11 is 0. The minimum atomic E-state index is -0.818. The lowest BCUT2D eigenvalue weighted by Gasteiger charge is -1.93. The highest BCUT2D eigenvalue weighted by Crippen LogP contribution is 2.03. The molecule has 0 bridgehead atoms. The summed E-state index contributed by atoms with van der Waals surface area (Å²) < 4.78 is 0. The number of rotatable bonds is 3. The van der Waals surface area contributed by atoms with Gasteiger partial charge in [0.05, 0.1) is 0 Å². The predicted octanol–water partition coefficient (Wildman–Crippen LogP) is 0.333. The van der Waals surface area contributed by atoms with Crippen LogP contribution in [-0.2, 0) is 4.79 Å². The fraction of sp³-hybridized carbons (Fsp3) is 0.571. The SMILES string of the molecule is CC(=CCN1CC1)C(=O)O. The topological polar surface area (TPSA) is 40.3 Å². The lowest BCUT2D eigenvalue weighted by atomic mass is 10.3. The first-order valence-corrected chi connectivity index (χ1v) is 3.32. The van der Waals surface area contributed by atoms with Crippen molar-refractivity contribution in [3.63, 3.8) is 0 Å². The molecular weight excluding hydrogens is 130 g/mol. The van der Waals surface area contributed by atoms with Gasteiger partial charge in [0.25, 0.3) is 0 Å². The Labute approximate surface area is 59.9 Å². The maximum absolute atomic E-state index is 10.2. The van der Waals surface area contributed by atoms with Crippen LogP contribution in [0.2, 0.25) is 0 Å². The van der Waals surface area contributed by atoms with E-state index in [-0.39, 0.29) is 0 Å². The van der Waals surface area contributed by atoms with E-state index in [1.165, 1.54) is 0 Å². The summed E-state index contributed by atoms with van der Waals surface area (Å²) in [6, 6.07) is 0. The summed E-state index contributed by atoms with van der Waals surface area (Å²) in [6.07, 6.45) is 1.75. The van der Waals surface area contributed by atoms with Crippen molar-refractivity contribution >= 4 is 5.97 Å². The number of carboxylic acid groups (broad SMARTS) is 1. The zero-order valence-electron chi connectivity index (χ0n) is 6.00. The normalized spacial score (nSPS) is 19.1. The summed E-state index contributed by atoms with van der Waals surface area (Å²) in [7, 11) is 0. The van der Waals surface area contributed by atoms with Crippen LogP contribution in [0.3, 0.4) is 0 Å². The van der Waals surface area contributed by atoms with Crippen molar-refractivity contribution < 1.29 is 9.90 Å².